The SMILES string of the molecule is Cc1noc(C2(c3ccc(F)cc3)CCOCC2)n1. The van der Waals surface area contributed by atoms with Crippen LogP contribution < -0.4 is 0 Å². The third kappa shape index (κ3) is 2.14. The zero-order valence-electron chi connectivity index (χ0n) is 10.7. The number of nitrogens with zero attached hydrogens (tertiary/aromatic N) is 2. The summed E-state index contributed by atoms with van der Waals surface area (Å²) in [5.74, 6) is 0.968. The molecule has 0 N–H and O–H groups in total. The van der Waals surface area contributed by atoms with E-state index in [0.717, 1.165) is 18.4 Å². The predicted molar refractivity (Wildman–Crippen MR) is 66.3 cm³/mol. The fourth-order valence-electron chi connectivity index (χ4n) is 2.61. The average molecular weight is 262 g/mol. The largest absolute Gasteiger partial charge is 0.381 e. The van der Waals surface area contributed by atoms with Crippen molar-refractivity contribution in [3.05, 3.63) is 47.4 Å². The van der Waals surface area contributed by atoms with Gasteiger partial charge in [0, 0.05) is 13.2 Å². The van der Waals surface area contributed by atoms with Gasteiger partial charge in [0.2, 0.25) is 5.89 Å². The maximum absolute atomic E-state index is 13.1. The lowest BCUT2D eigenvalue weighted by atomic mass is 9.74. The molecule has 4 nitrogen and oxygen atoms in total. The standard InChI is InChI=1S/C14H15FN2O2/c1-10-16-13(19-17-10)14(6-8-18-9-7-14)11-2-4-12(15)5-3-11/h2-5H,6-9H2,1H3. The van der Waals surface area contributed by atoms with Gasteiger partial charge >= 0.3 is 0 Å². The van der Waals surface area contributed by atoms with Gasteiger partial charge in [0.05, 0.1) is 5.41 Å². The summed E-state index contributed by atoms with van der Waals surface area (Å²) in [6.07, 6.45) is 1.53. The highest BCUT2D eigenvalue weighted by atomic mass is 19.1. The van der Waals surface area contributed by atoms with Crippen molar-refractivity contribution in [3.63, 3.8) is 0 Å². The summed E-state index contributed by atoms with van der Waals surface area (Å²) in [5, 5.41) is 3.88. The number of ether oxygens (including phenoxy) is 1. The van der Waals surface area contributed by atoms with Crippen molar-refractivity contribution in [2.24, 2.45) is 0 Å². The fraction of sp³-hybridized carbons (Fsp3) is 0.429. The molecule has 0 radical (unpaired) electrons. The molecule has 0 atom stereocenters. The van der Waals surface area contributed by atoms with Crippen LogP contribution in [-0.4, -0.2) is 23.4 Å². The highest BCUT2D eigenvalue weighted by Gasteiger charge is 2.41. The van der Waals surface area contributed by atoms with E-state index < -0.39 is 0 Å². The molecule has 1 aromatic carbocycles. The van der Waals surface area contributed by atoms with Crippen LogP contribution >= 0.6 is 0 Å². The Hall–Kier alpha value is -1.75. The zero-order chi connectivity index (χ0) is 13.3. The molecular formula is C14H15FN2O2. The molecule has 0 unspecified atom stereocenters. The lowest BCUT2D eigenvalue weighted by Gasteiger charge is -2.34. The molecule has 1 fully saturated rings. The van der Waals surface area contributed by atoms with Crippen LogP contribution in [0.4, 0.5) is 4.39 Å². The summed E-state index contributed by atoms with van der Waals surface area (Å²) in [6.45, 7) is 3.07. The van der Waals surface area contributed by atoms with E-state index in [1.807, 2.05) is 0 Å². The monoisotopic (exact) mass is 262 g/mol. The second-order valence-corrected chi connectivity index (χ2v) is 4.85. The van der Waals surface area contributed by atoms with Crippen LogP contribution in [0.2, 0.25) is 0 Å². The summed E-state index contributed by atoms with van der Waals surface area (Å²) < 4.78 is 23.9. The normalized spacial score (nSPS) is 18.4. The molecule has 1 aromatic heterocycles. The molecule has 19 heavy (non-hydrogen) atoms. The van der Waals surface area contributed by atoms with Gasteiger partial charge in [0.25, 0.3) is 0 Å². The van der Waals surface area contributed by atoms with Gasteiger partial charge in [-0.25, -0.2) is 4.39 Å². The number of halogens is 1. The molecule has 2 heterocycles. The van der Waals surface area contributed by atoms with Crippen molar-refractivity contribution < 1.29 is 13.7 Å². The quantitative estimate of drug-likeness (QED) is 0.834. The summed E-state index contributed by atoms with van der Waals surface area (Å²) >= 11 is 0. The van der Waals surface area contributed by atoms with E-state index >= 15 is 0 Å². The van der Waals surface area contributed by atoms with Crippen molar-refractivity contribution in [2.45, 2.75) is 25.2 Å². The number of aryl methyl sites for hydroxylation is 1. The first kappa shape index (κ1) is 12.3. The highest BCUT2D eigenvalue weighted by Crippen LogP contribution is 2.40. The Kier molecular flexibility index (Phi) is 3.06. The van der Waals surface area contributed by atoms with Crippen LogP contribution in [-0.2, 0) is 10.2 Å². The summed E-state index contributed by atoms with van der Waals surface area (Å²) in [4.78, 5) is 4.38. The van der Waals surface area contributed by atoms with E-state index in [1.165, 1.54) is 12.1 Å². The van der Waals surface area contributed by atoms with E-state index in [9.17, 15) is 4.39 Å². The Bertz CT molecular complexity index is 559. The van der Waals surface area contributed by atoms with Crippen molar-refractivity contribution in [1.82, 2.24) is 10.1 Å². The van der Waals surface area contributed by atoms with E-state index in [1.54, 1.807) is 19.1 Å². The first-order chi connectivity index (χ1) is 9.21. The molecule has 0 spiro atoms. The molecule has 1 saturated heterocycles. The van der Waals surface area contributed by atoms with Gasteiger partial charge in [-0.3, -0.25) is 0 Å². The number of hydrogen-bond donors (Lipinski definition) is 0. The number of rotatable bonds is 2. The predicted octanol–water partition coefficient (Wildman–Crippen LogP) is 2.61. The van der Waals surface area contributed by atoms with E-state index in [-0.39, 0.29) is 11.2 Å². The van der Waals surface area contributed by atoms with Crippen LogP contribution in [0.3, 0.4) is 0 Å². The summed E-state index contributed by atoms with van der Waals surface area (Å²) in [7, 11) is 0. The highest BCUT2D eigenvalue weighted by molar-refractivity contribution is 5.32. The Morgan fingerprint density at radius 2 is 1.84 bits per heavy atom. The number of benzene rings is 1. The minimum Gasteiger partial charge on any atom is -0.381 e. The Morgan fingerprint density at radius 3 is 2.42 bits per heavy atom. The Morgan fingerprint density at radius 1 is 1.16 bits per heavy atom. The first-order valence-corrected chi connectivity index (χ1v) is 6.35. The van der Waals surface area contributed by atoms with Crippen LogP contribution in [0.5, 0.6) is 0 Å². The topological polar surface area (TPSA) is 48.2 Å². The van der Waals surface area contributed by atoms with Crippen molar-refractivity contribution in [2.75, 3.05) is 13.2 Å². The lowest BCUT2D eigenvalue weighted by molar-refractivity contribution is 0.0523. The second kappa shape index (κ2) is 4.74. The Labute approximate surface area is 110 Å². The minimum absolute atomic E-state index is 0.243. The van der Waals surface area contributed by atoms with E-state index in [2.05, 4.69) is 10.1 Å². The molecule has 5 heteroatoms. The van der Waals surface area contributed by atoms with Gasteiger partial charge in [-0.1, -0.05) is 17.3 Å². The zero-order valence-corrected chi connectivity index (χ0v) is 10.7. The molecule has 0 amide bonds. The number of aromatic nitrogens is 2. The van der Waals surface area contributed by atoms with Crippen LogP contribution in [0.15, 0.2) is 28.8 Å². The van der Waals surface area contributed by atoms with Gasteiger partial charge in [-0.2, -0.15) is 4.98 Å². The van der Waals surface area contributed by atoms with Crippen LogP contribution in [0.1, 0.15) is 30.1 Å². The Balaban J connectivity index is 2.08. The third-order valence-corrected chi connectivity index (χ3v) is 3.68. The third-order valence-electron chi connectivity index (χ3n) is 3.68. The molecule has 0 bridgehead atoms. The molecule has 100 valence electrons. The lowest BCUT2D eigenvalue weighted by Crippen LogP contribution is -2.35. The molecule has 2 aromatic rings. The molecule has 3 rings (SSSR count). The maximum Gasteiger partial charge on any atom is 0.237 e. The summed E-state index contributed by atoms with van der Waals surface area (Å²) in [5.41, 5.74) is 0.647. The number of hydrogen-bond acceptors (Lipinski definition) is 4. The smallest absolute Gasteiger partial charge is 0.237 e. The minimum atomic E-state index is -0.354. The van der Waals surface area contributed by atoms with Gasteiger partial charge < -0.3 is 9.26 Å². The molecule has 0 aliphatic carbocycles. The van der Waals surface area contributed by atoms with Gasteiger partial charge in [0.15, 0.2) is 5.82 Å². The molecule has 0 saturated carbocycles. The molecule has 1 aliphatic heterocycles. The fourth-order valence-corrected chi connectivity index (χ4v) is 2.61. The van der Waals surface area contributed by atoms with Gasteiger partial charge in [0.1, 0.15) is 5.82 Å². The van der Waals surface area contributed by atoms with Crippen LogP contribution in [0, 0.1) is 12.7 Å². The van der Waals surface area contributed by atoms with Gasteiger partial charge in [-0.15, -0.1) is 0 Å². The molecule has 1 aliphatic rings. The van der Waals surface area contributed by atoms with Crippen molar-refractivity contribution >= 4 is 0 Å². The second-order valence-electron chi connectivity index (χ2n) is 4.85. The maximum atomic E-state index is 13.1. The van der Waals surface area contributed by atoms with E-state index in [4.69, 9.17) is 9.26 Å². The average Bonchev–Trinajstić information content (AvgIpc) is 2.87. The first-order valence-electron chi connectivity index (χ1n) is 6.35. The van der Waals surface area contributed by atoms with E-state index in [0.29, 0.717) is 24.9 Å². The summed E-state index contributed by atoms with van der Waals surface area (Å²) in [6, 6.07) is 6.52. The molecular weight excluding hydrogens is 247 g/mol. The van der Waals surface area contributed by atoms with Crippen molar-refractivity contribution in [1.29, 1.82) is 0 Å². The van der Waals surface area contributed by atoms with Gasteiger partial charge in [-0.05, 0) is 37.5 Å². The van der Waals surface area contributed by atoms with Crippen LogP contribution in [0.25, 0.3) is 0 Å². The van der Waals surface area contributed by atoms with Crippen molar-refractivity contribution in [3.8, 4) is 0 Å².